The fourth-order valence-electron chi connectivity index (χ4n) is 0.554. The molecule has 0 aromatic rings. The first kappa shape index (κ1) is 9.39. The number of carbonyl (C=O) groups is 1. The van der Waals surface area contributed by atoms with E-state index in [0.29, 0.717) is 0 Å². The first-order valence-electron chi connectivity index (χ1n) is 3.04. The van der Waals surface area contributed by atoms with Crippen LogP contribution in [0.3, 0.4) is 0 Å². The number of hydrogen-bond acceptors (Lipinski definition) is 3. The number of amides is 1. The van der Waals surface area contributed by atoms with E-state index in [1.165, 1.54) is 6.92 Å². The zero-order valence-electron chi connectivity index (χ0n) is 6.22. The first-order valence-corrected chi connectivity index (χ1v) is 3.04. The molecule has 0 aromatic heterocycles. The van der Waals surface area contributed by atoms with Gasteiger partial charge in [0.1, 0.15) is 0 Å². The number of rotatable bonds is 3. The molecule has 0 aromatic carbocycles. The Morgan fingerprint density at radius 3 is 2.00 bits per heavy atom. The molecule has 0 rings (SSSR count). The van der Waals surface area contributed by atoms with Crippen molar-refractivity contribution in [2.45, 2.75) is 19.4 Å². The maximum atomic E-state index is 10.4. The normalized spacial score (nSPS) is 11.2. The average molecular weight is 147 g/mol. The molecule has 60 valence electrons. The second-order valence-corrected chi connectivity index (χ2v) is 2.56. The molecule has 3 N–H and O–H groups in total. The van der Waals surface area contributed by atoms with Crippen LogP contribution >= 0.6 is 0 Å². The minimum absolute atomic E-state index is 0.259. The molecule has 0 aliphatic carbocycles. The molecule has 0 atom stereocenters. The van der Waals surface area contributed by atoms with Crippen molar-refractivity contribution in [3.63, 3.8) is 0 Å². The Morgan fingerprint density at radius 2 is 1.90 bits per heavy atom. The molecule has 0 heterocycles. The molecule has 0 bridgehead atoms. The molecular formula is C6H13NO3. The van der Waals surface area contributed by atoms with Crippen molar-refractivity contribution in [1.82, 2.24) is 5.32 Å². The van der Waals surface area contributed by atoms with E-state index < -0.39 is 5.54 Å². The number of nitrogens with one attached hydrogen (secondary N) is 1. The van der Waals surface area contributed by atoms with Crippen LogP contribution < -0.4 is 5.32 Å². The minimum Gasteiger partial charge on any atom is -0.394 e. The number of hydrogen-bond donors (Lipinski definition) is 3. The molecule has 0 unspecified atom stereocenters. The summed E-state index contributed by atoms with van der Waals surface area (Å²) in [5.74, 6) is -0.259. The monoisotopic (exact) mass is 147 g/mol. The highest BCUT2D eigenvalue weighted by atomic mass is 16.3. The maximum absolute atomic E-state index is 10.4. The SMILES string of the molecule is CC(=O)NC(C)(CO)CO. The van der Waals surface area contributed by atoms with Gasteiger partial charge in [0, 0.05) is 6.92 Å². The van der Waals surface area contributed by atoms with Gasteiger partial charge in [0.25, 0.3) is 0 Å². The van der Waals surface area contributed by atoms with E-state index in [1.807, 2.05) is 0 Å². The van der Waals surface area contributed by atoms with Gasteiger partial charge in [-0.05, 0) is 6.92 Å². The fourth-order valence-corrected chi connectivity index (χ4v) is 0.554. The summed E-state index contributed by atoms with van der Waals surface area (Å²) in [4.78, 5) is 10.4. The van der Waals surface area contributed by atoms with Crippen molar-refractivity contribution < 1.29 is 15.0 Å². The Hall–Kier alpha value is -0.610. The van der Waals surface area contributed by atoms with Gasteiger partial charge in [-0.15, -0.1) is 0 Å². The van der Waals surface area contributed by atoms with Crippen molar-refractivity contribution in [1.29, 1.82) is 0 Å². The van der Waals surface area contributed by atoms with Crippen molar-refractivity contribution in [3.05, 3.63) is 0 Å². The molecule has 0 fully saturated rings. The van der Waals surface area contributed by atoms with E-state index in [9.17, 15) is 4.79 Å². The van der Waals surface area contributed by atoms with Crippen molar-refractivity contribution in [3.8, 4) is 0 Å². The van der Waals surface area contributed by atoms with Gasteiger partial charge in [-0.25, -0.2) is 0 Å². The lowest BCUT2D eigenvalue weighted by Crippen LogP contribution is -2.50. The molecule has 0 spiro atoms. The summed E-state index contributed by atoms with van der Waals surface area (Å²) >= 11 is 0. The standard InChI is InChI=1S/C6H13NO3/c1-5(10)7-6(2,3-8)4-9/h8-9H,3-4H2,1-2H3,(H,7,10). The van der Waals surface area contributed by atoms with E-state index in [-0.39, 0.29) is 19.1 Å². The number of aliphatic hydroxyl groups is 2. The second-order valence-electron chi connectivity index (χ2n) is 2.56. The summed E-state index contributed by atoms with van der Waals surface area (Å²) < 4.78 is 0. The molecule has 10 heavy (non-hydrogen) atoms. The average Bonchev–Trinajstić information content (AvgIpc) is 1.87. The van der Waals surface area contributed by atoms with Crippen LogP contribution in [0.15, 0.2) is 0 Å². The third kappa shape index (κ3) is 2.80. The minimum atomic E-state index is -0.883. The molecule has 0 radical (unpaired) electrons. The van der Waals surface area contributed by atoms with E-state index >= 15 is 0 Å². The van der Waals surface area contributed by atoms with Crippen molar-refractivity contribution in [2.24, 2.45) is 0 Å². The molecular weight excluding hydrogens is 134 g/mol. The third-order valence-corrected chi connectivity index (χ3v) is 1.18. The molecule has 1 amide bonds. The topological polar surface area (TPSA) is 69.6 Å². The summed E-state index contributed by atoms with van der Waals surface area (Å²) in [7, 11) is 0. The first-order chi connectivity index (χ1) is 4.54. The molecule has 0 saturated heterocycles. The van der Waals surface area contributed by atoms with Gasteiger partial charge in [-0.2, -0.15) is 0 Å². The zero-order valence-corrected chi connectivity index (χ0v) is 6.22. The lowest BCUT2D eigenvalue weighted by atomic mass is 10.1. The lowest BCUT2D eigenvalue weighted by molar-refractivity contribution is -0.121. The smallest absolute Gasteiger partial charge is 0.217 e. The summed E-state index contributed by atoms with van der Waals surface area (Å²) in [6.45, 7) is 2.38. The molecule has 4 heteroatoms. The Morgan fingerprint density at radius 1 is 1.50 bits per heavy atom. The van der Waals surface area contributed by atoms with E-state index in [1.54, 1.807) is 6.92 Å². The molecule has 0 aliphatic heterocycles. The van der Waals surface area contributed by atoms with Gasteiger partial charge < -0.3 is 15.5 Å². The van der Waals surface area contributed by atoms with Gasteiger partial charge >= 0.3 is 0 Å². The van der Waals surface area contributed by atoms with Crippen LogP contribution in [0.25, 0.3) is 0 Å². The fraction of sp³-hybridized carbons (Fsp3) is 0.833. The van der Waals surface area contributed by atoms with Gasteiger partial charge in [-0.1, -0.05) is 0 Å². The quantitative estimate of drug-likeness (QED) is 0.473. The van der Waals surface area contributed by atoms with Gasteiger partial charge in [0.15, 0.2) is 0 Å². The van der Waals surface area contributed by atoms with Crippen LogP contribution in [0.1, 0.15) is 13.8 Å². The van der Waals surface area contributed by atoms with Crippen LogP contribution in [0.2, 0.25) is 0 Å². The second kappa shape index (κ2) is 3.53. The lowest BCUT2D eigenvalue weighted by Gasteiger charge is -2.24. The summed E-state index contributed by atoms with van der Waals surface area (Å²) in [5.41, 5.74) is -0.883. The largest absolute Gasteiger partial charge is 0.394 e. The number of aliphatic hydroxyl groups excluding tert-OH is 2. The Balaban J connectivity index is 3.92. The summed E-state index contributed by atoms with van der Waals surface area (Å²) in [5, 5.41) is 19.7. The van der Waals surface area contributed by atoms with Crippen LogP contribution in [-0.2, 0) is 4.79 Å². The third-order valence-electron chi connectivity index (χ3n) is 1.18. The van der Waals surface area contributed by atoms with Crippen molar-refractivity contribution >= 4 is 5.91 Å². The highest BCUT2D eigenvalue weighted by Crippen LogP contribution is 1.99. The highest BCUT2D eigenvalue weighted by Gasteiger charge is 2.22. The van der Waals surface area contributed by atoms with E-state index in [0.717, 1.165) is 0 Å². The molecule has 4 nitrogen and oxygen atoms in total. The van der Waals surface area contributed by atoms with Crippen LogP contribution in [0, 0.1) is 0 Å². The van der Waals surface area contributed by atoms with Gasteiger partial charge in [0.05, 0.1) is 18.8 Å². The predicted octanol–water partition coefficient (Wildman–Crippen LogP) is -1.13. The summed E-state index contributed by atoms with van der Waals surface area (Å²) in [6, 6.07) is 0. The number of carbonyl (C=O) groups excluding carboxylic acids is 1. The van der Waals surface area contributed by atoms with Crippen LogP contribution in [-0.4, -0.2) is 34.9 Å². The highest BCUT2D eigenvalue weighted by molar-refractivity contribution is 5.73. The predicted molar refractivity (Wildman–Crippen MR) is 36.4 cm³/mol. The van der Waals surface area contributed by atoms with E-state index in [4.69, 9.17) is 10.2 Å². The van der Waals surface area contributed by atoms with Crippen LogP contribution in [0.5, 0.6) is 0 Å². The maximum Gasteiger partial charge on any atom is 0.217 e. The van der Waals surface area contributed by atoms with Crippen LogP contribution in [0.4, 0.5) is 0 Å². The Labute approximate surface area is 59.9 Å². The molecule has 0 saturated carbocycles. The molecule has 0 aliphatic rings. The zero-order chi connectivity index (χ0) is 8.20. The van der Waals surface area contributed by atoms with Gasteiger partial charge in [0.2, 0.25) is 5.91 Å². The van der Waals surface area contributed by atoms with E-state index in [2.05, 4.69) is 5.32 Å². The van der Waals surface area contributed by atoms with Crippen molar-refractivity contribution in [2.75, 3.05) is 13.2 Å². The Kier molecular flexibility index (Phi) is 3.32. The summed E-state index contributed by atoms with van der Waals surface area (Å²) in [6.07, 6.45) is 0. The Bertz CT molecular complexity index is 120. The van der Waals surface area contributed by atoms with Gasteiger partial charge in [-0.3, -0.25) is 4.79 Å².